The molecule has 0 N–H and O–H groups in total. The Bertz CT molecular complexity index is 1150. The molecular formula is C23H17BrCl2N2O2. The first kappa shape index (κ1) is 19.7. The fraction of sp³-hybridized carbons (Fsp3) is 0.174. The van der Waals surface area contributed by atoms with Gasteiger partial charge in [-0.15, -0.1) is 0 Å². The van der Waals surface area contributed by atoms with Gasteiger partial charge in [-0.2, -0.15) is 5.10 Å². The van der Waals surface area contributed by atoms with Crippen LogP contribution in [0.5, 0.6) is 11.5 Å². The van der Waals surface area contributed by atoms with E-state index in [2.05, 4.69) is 15.9 Å². The van der Waals surface area contributed by atoms with Gasteiger partial charge in [0.2, 0.25) is 6.23 Å². The summed E-state index contributed by atoms with van der Waals surface area (Å²) in [5.74, 6) is 1.55. The van der Waals surface area contributed by atoms with E-state index in [0.717, 1.165) is 44.8 Å². The van der Waals surface area contributed by atoms with Gasteiger partial charge in [0.1, 0.15) is 11.5 Å². The van der Waals surface area contributed by atoms with Crippen molar-refractivity contribution in [3.05, 3.63) is 91.9 Å². The molecule has 0 aliphatic carbocycles. The summed E-state index contributed by atoms with van der Waals surface area (Å²) in [6.45, 7) is 0. The van der Waals surface area contributed by atoms with Crippen molar-refractivity contribution in [2.75, 3.05) is 7.11 Å². The van der Waals surface area contributed by atoms with E-state index in [4.69, 9.17) is 37.8 Å². The van der Waals surface area contributed by atoms with Crippen LogP contribution in [0.4, 0.5) is 0 Å². The van der Waals surface area contributed by atoms with Crippen LogP contribution in [0.25, 0.3) is 0 Å². The van der Waals surface area contributed by atoms with Crippen molar-refractivity contribution < 1.29 is 9.47 Å². The van der Waals surface area contributed by atoms with Crippen molar-refractivity contribution in [2.24, 2.45) is 5.10 Å². The molecule has 0 spiro atoms. The van der Waals surface area contributed by atoms with Crippen molar-refractivity contribution in [2.45, 2.75) is 18.7 Å². The molecule has 4 nitrogen and oxygen atoms in total. The number of ether oxygens (including phenoxy) is 2. The molecule has 2 atom stereocenters. The maximum atomic E-state index is 6.43. The predicted molar refractivity (Wildman–Crippen MR) is 123 cm³/mol. The smallest absolute Gasteiger partial charge is 0.217 e. The molecule has 0 saturated carbocycles. The largest absolute Gasteiger partial charge is 0.496 e. The standard InChI is InChI=1S/C23H17BrCl2N2O2/c1-29-21-8-4-14(24)10-18(21)23-28-20(17-11-16(26)7-9-22(17)30-23)12-19(27-28)13-2-5-15(25)6-3-13/h2-11,20,23H,12H2,1H3/t20-,23+/m0/s1. The maximum Gasteiger partial charge on any atom is 0.217 e. The molecule has 0 saturated heterocycles. The van der Waals surface area contributed by atoms with Crippen molar-refractivity contribution in [3.8, 4) is 11.5 Å². The zero-order valence-electron chi connectivity index (χ0n) is 16.0. The number of hydrazone groups is 1. The van der Waals surface area contributed by atoms with Gasteiger partial charge in [-0.25, -0.2) is 5.01 Å². The monoisotopic (exact) mass is 502 g/mol. The Labute approximate surface area is 193 Å². The van der Waals surface area contributed by atoms with Crippen molar-refractivity contribution in [3.63, 3.8) is 0 Å². The highest BCUT2D eigenvalue weighted by Gasteiger charge is 2.42. The molecule has 3 aromatic rings. The molecule has 152 valence electrons. The van der Waals surface area contributed by atoms with Crippen LogP contribution in [0.2, 0.25) is 10.0 Å². The molecule has 7 heteroatoms. The van der Waals surface area contributed by atoms with E-state index >= 15 is 0 Å². The second kappa shape index (κ2) is 7.80. The van der Waals surface area contributed by atoms with Crippen LogP contribution in [0, 0.1) is 0 Å². The third kappa shape index (κ3) is 3.45. The highest BCUT2D eigenvalue weighted by molar-refractivity contribution is 9.10. The molecule has 2 heterocycles. The zero-order chi connectivity index (χ0) is 20.8. The number of hydrogen-bond acceptors (Lipinski definition) is 4. The van der Waals surface area contributed by atoms with E-state index < -0.39 is 6.23 Å². The fourth-order valence-corrected chi connectivity index (χ4v) is 4.66. The summed E-state index contributed by atoms with van der Waals surface area (Å²) in [5.41, 5.74) is 3.95. The van der Waals surface area contributed by atoms with Gasteiger partial charge in [0, 0.05) is 26.5 Å². The Morgan fingerprint density at radius 2 is 1.77 bits per heavy atom. The van der Waals surface area contributed by atoms with Gasteiger partial charge in [-0.1, -0.05) is 51.3 Å². The number of hydrogen-bond donors (Lipinski definition) is 0. The minimum Gasteiger partial charge on any atom is -0.496 e. The highest BCUT2D eigenvalue weighted by Crippen LogP contribution is 2.49. The Hall–Kier alpha value is -2.21. The molecule has 3 aromatic carbocycles. The van der Waals surface area contributed by atoms with Crippen LogP contribution in [-0.2, 0) is 0 Å². The topological polar surface area (TPSA) is 34.1 Å². The van der Waals surface area contributed by atoms with Crippen molar-refractivity contribution >= 4 is 44.8 Å². The van der Waals surface area contributed by atoms with E-state index in [0.29, 0.717) is 10.0 Å². The van der Waals surface area contributed by atoms with Gasteiger partial charge in [0.15, 0.2) is 0 Å². The average molecular weight is 504 g/mol. The molecule has 0 aromatic heterocycles. The highest BCUT2D eigenvalue weighted by atomic mass is 79.9. The van der Waals surface area contributed by atoms with Crippen LogP contribution in [0.15, 0.2) is 70.2 Å². The number of nitrogens with zero attached hydrogens (tertiary/aromatic N) is 2. The number of halogens is 3. The van der Waals surface area contributed by atoms with Gasteiger partial charge in [-0.3, -0.25) is 0 Å². The SMILES string of the molecule is COc1ccc(Br)cc1[C@H]1Oc2ccc(Cl)cc2[C@@H]2CC(c3ccc(Cl)cc3)=NN12. The predicted octanol–water partition coefficient (Wildman–Crippen LogP) is 7.01. The summed E-state index contributed by atoms with van der Waals surface area (Å²) < 4.78 is 13.0. The molecular weight excluding hydrogens is 487 g/mol. The minimum atomic E-state index is -0.430. The van der Waals surface area contributed by atoms with Gasteiger partial charge >= 0.3 is 0 Å². The normalized spacial score (nSPS) is 19.6. The van der Waals surface area contributed by atoms with Crippen LogP contribution < -0.4 is 9.47 Å². The quantitative estimate of drug-likeness (QED) is 0.385. The number of benzene rings is 3. The number of methoxy groups -OCH3 is 1. The summed E-state index contributed by atoms with van der Waals surface area (Å²) in [7, 11) is 1.66. The van der Waals surface area contributed by atoms with E-state index in [-0.39, 0.29) is 6.04 Å². The van der Waals surface area contributed by atoms with Gasteiger partial charge in [0.05, 0.1) is 24.4 Å². The first-order chi connectivity index (χ1) is 14.5. The van der Waals surface area contributed by atoms with Crippen LogP contribution in [0.1, 0.15) is 35.4 Å². The van der Waals surface area contributed by atoms with Crippen LogP contribution >= 0.6 is 39.1 Å². The third-order valence-electron chi connectivity index (χ3n) is 5.39. The molecule has 5 rings (SSSR count). The average Bonchev–Trinajstić information content (AvgIpc) is 3.19. The fourth-order valence-electron chi connectivity index (χ4n) is 3.98. The number of rotatable bonds is 3. The molecule has 2 aliphatic heterocycles. The minimum absolute atomic E-state index is 0.00631. The number of fused-ring (bicyclic) bond motifs is 3. The Morgan fingerprint density at radius 1 is 1.00 bits per heavy atom. The summed E-state index contributed by atoms with van der Waals surface area (Å²) >= 11 is 15.9. The molecule has 0 radical (unpaired) electrons. The van der Waals surface area contributed by atoms with Crippen LogP contribution in [0.3, 0.4) is 0 Å². The third-order valence-corrected chi connectivity index (χ3v) is 6.37. The lowest BCUT2D eigenvalue weighted by Gasteiger charge is -2.38. The maximum absolute atomic E-state index is 6.43. The van der Waals surface area contributed by atoms with Crippen LogP contribution in [-0.4, -0.2) is 17.8 Å². The molecule has 0 unspecified atom stereocenters. The second-order valence-electron chi connectivity index (χ2n) is 7.19. The molecule has 0 amide bonds. The van der Waals surface area contributed by atoms with E-state index in [9.17, 15) is 0 Å². The van der Waals surface area contributed by atoms with Gasteiger partial charge in [0.25, 0.3) is 0 Å². The zero-order valence-corrected chi connectivity index (χ0v) is 19.1. The Balaban J connectivity index is 1.64. The summed E-state index contributed by atoms with van der Waals surface area (Å²) in [5, 5.41) is 8.35. The van der Waals surface area contributed by atoms with Gasteiger partial charge < -0.3 is 9.47 Å². The molecule has 0 bridgehead atoms. The van der Waals surface area contributed by atoms with E-state index in [1.165, 1.54) is 0 Å². The summed E-state index contributed by atoms with van der Waals surface area (Å²) in [6, 6.07) is 19.4. The molecule has 2 aliphatic rings. The van der Waals surface area contributed by atoms with Crippen molar-refractivity contribution in [1.82, 2.24) is 5.01 Å². The van der Waals surface area contributed by atoms with Gasteiger partial charge in [-0.05, 0) is 54.1 Å². The first-order valence-electron chi connectivity index (χ1n) is 9.45. The molecule has 30 heavy (non-hydrogen) atoms. The molecule has 0 fully saturated rings. The lowest BCUT2D eigenvalue weighted by atomic mass is 9.96. The van der Waals surface area contributed by atoms with E-state index in [1.807, 2.05) is 65.7 Å². The lowest BCUT2D eigenvalue weighted by molar-refractivity contribution is -0.0203. The van der Waals surface area contributed by atoms with Crippen molar-refractivity contribution in [1.29, 1.82) is 0 Å². The summed E-state index contributed by atoms with van der Waals surface area (Å²) in [4.78, 5) is 0. The Kier molecular flexibility index (Phi) is 5.13. The lowest BCUT2D eigenvalue weighted by Crippen LogP contribution is -2.34. The second-order valence-corrected chi connectivity index (χ2v) is 8.98. The Morgan fingerprint density at radius 3 is 2.53 bits per heavy atom. The first-order valence-corrected chi connectivity index (χ1v) is 11.0. The summed E-state index contributed by atoms with van der Waals surface area (Å²) in [6.07, 6.45) is 0.312. The van der Waals surface area contributed by atoms with E-state index in [1.54, 1.807) is 7.11 Å².